The number of amides is 1. The van der Waals surface area contributed by atoms with Crippen molar-refractivity contribution in [2.24, 2.45) is 5.92 Å². The largest absolute Gasteiger partial charge is 0.380 e. The summed E-state index contributed by atoms with van der Waals surface area (Å²) in [5, 5.41) is 3.62. The van der Waals surface area contributed by atoms with E-state index in [0.717, 1.165) is 75.1 Å². The fraction of sp³-hybridized carbons (Fsp3) is 0.625. The van der Waals surface area contributed by atoms with Gasteiger partial charge in [0.25, 0.3) is 5.91 Å². The van der Waals surface area contributed by atoms with Crippen molar-refractivity contribution < 1.29 is 13.2 Å². The van der Waals surface area contributed by atoms with Crippen LogP contribution >= 0.6 is 0 Å². The van der Waals surface area contributed by atoms with Crippen molar-refractivity contribution in [1.82, 2.24) is 19.5 Å². The third-order valence-corrected chi connectivity index (χ3v) is 9.52. The van der Waals surface area contributed by atoms with Crippen LogP contribution < -0.4 is 10.0 Å². The first kappa shape index (κ1) is 31.4. The summed E-state index contributed by atoms with van der Waals surface area (Å²) in [5.41, 5.74) is 6.27. The predicted molar refractivity (Wildman–Crippen MR) is 167 cm³/mol. The maximum Gasteiger partial charge on any atom is 0.272 e. The first-order valence-electron chi connectivity index (χ1n) is 15.2. The molecule has 2 aliphatic rings. The van der Waals surface area contributed by atoms with E-state index in [-0.39, 0.29) is 11.3 Å². The lowest BCUT2D eigenvalue weighted by molar-refractivity contribution is 0.0549. The SMILES string of the molecule is CCc1cnc(C(=O)N2CCC(N3CCC(CNS(C)(=O)=O)CC3)CC2)c(C)c1NCc1ccc(C(C)(C)C)cc1. The molecule has 0 atom stereocenters. The van der Waals surface area contributed by atoms with Crippen LogP contribution in [0.5, 0.6) is 0 Å². The standard InChI is InChI=1S/C32H49N5O3S/c1-7-26-22-34-30(23(2)29(26)33-20-24-8-10-27(11-9-24)32(3,4)5)31(38)37-18-14-28(15-19-37)36-16-12-25(13-17-36)21-35-41(6,39)40/h8-11,22,25,28,35H,7,12-21H2,1-6H3,(H,33,34). The smallest absolute Gasteiger partial charge is 0.272 e. The number of nitrogens with one attached hydrogen (secondary N) is 2. The quantitative estimate of drug-likeness (QED) is 0.443. The topological polar surface area (TPSA) is 94.6 Å². The van der Waals surface area contributed by atoms with E-state index in [9.17, 15) is 13.2 Å². The Kier molecular flexibility index (Phi) is 10.1. The molecule has 226 valence electrons. The van der Waals surface area contributed by atoms with Gasteiger partial charge >= 0.3 is 0 Å². The Morgan fingerprint density at radius 2 is 1.66 bits per heavy atom. The first-order chi connectivity index (χ1) is 19.4. The number of piperidine rings is 2. The fourth-order valence-electron chi connectivity index (χ4n) is 6.08. The molecule has 0 radical (unpaired) electrons. The lowest BCUT2D eigenvalue weighted by Crippen LogP contribution is -2.49. The molecular weight excluding hydrogens is 534 g/mol. The molecule has 1 amide bonds. The van der Waals surface area contributed by atoms with E-state index in [1.54, 1.807) is 0 Å². The minimum Gasteiger partial charge on any atom is -0.380 e. The van der Waals surface area contributed by atoms with Gasteiger partial charge in [0.2, 0.25) is 10.0 Å². The molecule has 3 heterocycles. The second-order valence-electron chi connectivity index (χ2n) is 12.9. The minimum atomic E-state index is -3.14. The van der Waals surface area contributed by atoms with Gasteiger partial charge in [-0.2, -0.15) is 0 Å². The van der Waals surface area contributed by atoms with Gasteiger partial charge in [-0.05, 0) is 80.1 Å². The summed E-state index contributed by atoms with van der Waals surface area (Å²) < 4.78 is 25.5. The van der Waals surface area contributed by atoms with Crippen LogP contribution in [0, 0.1) is 12.8 Å². The van der Waals surface area contributed by atoms with Gasteiger partial charge in [-0.25, -0.2) is 13.1 Å². The molecule has 1 aromatic heterocycles. The van der Waals surface area contributed by atoms with Crippen LogP contribution in [0.1, 0.15) is 86.1 Å². The van der Waals surface area contributed by atoms with Crippen LogP contribution in [-0.4, -0.2) is 74.1 Å². The van der Waals surface area contributed by atoms with Gasteiger partial charge in [-0.1, -0.05) is 52.0 Å². The number of rotatable bonds is 9. The van der Waals surface area contributed by atoms with E-state index in [2.05, 4.69) is 71.9 Å². The molecule has 2 fully saturated rings. The van der Waals surface area contributed by atoms with Gasteiger partial charge in [-0.15, -0.1) is 0 Å². The van der Waals surface area contributed by atoms with Crippen LogP contribution in [0.4, 0.5) is 5.69 Å². The highest BCUT2D eigenvalue weighted by atomic mass is 32.2. The fourth-order valence-corrected chi connectivity index (χ4v) is 6.62. The number of hydrogen-bond acceptors (Lipinski definition) is 6. The number of aryl methyl sites for hydroxylation is 1. The second-order valence-corrected chi connectivity index (χ2v) is 14.7. The summed E-state index contributed by atoms with van der Waals surface area (Å²) in [6, 6.07) is 9.24. The first-order valence-corrected chi connectivity index (χ1v) is 17.0. The van der Waals surface area contributed by atoms with Crippen LogP contribution in [0.15, 0.2) is 30.5 Å². The molecule has 9 heteroatoms. The van der Waals surface area contributed by atoms with Crippen molar-refractivity contribution in [3.05, 3.63) is 58.4 Å². The molecular formula is C32H49N5O3S. The predicted octanol–water partition coefficient (Wildman–Crippen LogP) is 4.73. The van der Waals surface area contributed by atoms with Gasteiger partial charge in [0.1, 0.15) is 5.69 Å². The number of nitrogens with zero attached hydrogens (tertiary/aromatic N) is 3. The van der Waals surface area contributed by atoms with E-state index >= 15 is 0 Å². The second kappa shape index (κ2) is 13.2. The van der Waals surface area contributed by atoms with Crippen molar-refractivity contribution in [2.45, 2.75) is 84.7 Å². The summed E-state index contributed by atoms with van der Waals surface area (Å²) in [6.45, 7) is 15.5. The molecule has 0 bridgehead atoms. The number of sulfonamides is 1. The number of carbonyl (C=O) groups excluding carboxylic acids is 1. The molecule has 0 unspecified atom stereocenters. The van der Waals surface area contributed by atoms with E-state index in [1.807, 2.05) is 18.0 Å². The Hall–Kier alpha value is -2.49. The van der Waals surface area contributed by atoms with Crippen LogP contribution in [0.2, 0.25) is 0 Å². The zero-order valence-corrected chi connectivity index (χ0v) is 26.6. The average molecular weight is 584 g/mol. The highest BCUT2D eigenvalue weighted by molar-refractivity contribution is 7.88. The van der Waals surface area contributed by atoms with Crippen molar-refractivity contribution in [3.8, 4) is 0 Å². The van der Waals surface area contributed by atoms with Crippen molar-refractivity contribution >= 4 is 21.6 Å². The zero-order chi connectivity index (χ0) is 29.8. The maximum absolute atomic E-state index is 13.6. The van der Waals surface area contributed by atoms with Crippen LogP contribution in [0.25, 0.3) is 0 Å². The number of anilines is 1. The molecule has 1 aromatic carbocycles. The minimum absolute atomic E-state index is 0.0201. The highest BCUT2D eigenvalue weighted by Gasteiger charge is 2.31. The monoisotopic (exact) mass is 583 g/mol. The van der Waals surface area contributed by atoms with Crippen LogP contribution in [-0.2, 0) is 28.4 Å². The summed E-state index contributed by atoms with van der Waals surface area (Å²) in [7, 11) is -3.14. The Bertz CT molecular complexity index is 1290. The Labute approximate surface area is 247 Å². The summed E-state index contributed by atoms with van der Waals surface area (Å²) >= 11 is 0. The number of hydrogen-bond donors (Lipinski definition) is 2. The number of benzene rings is 1. The molecule has 0 spiro atoms. The molecule has 4 rings (SSSR count). The van der Waals surface area contributed by atoms with Gasteiger partial charge < -0.3 is 15.1 Å². The highest BCUT2D eigenvalue weighted by Crippen LogP contribution is 2.28. The molecule has 0 saturated carbocycles. The van der Waals surface area contributed by atoms with E-state index in [4.69, 9.17) is 0 Å². The van der Waals surface area contributed by atoms with Gasteiger partial charge in [-0.3, -0.25) is 9.78 Å². The number of aromatic nitrogens is 1. The molecule has 2 N–H and O–H groups in total. The zero-order valence-electron chi connectivity index (χ0n) is 25.8. The third-order valence-electron chi connectivity index (χ3n) is 8.82. The molecule has 0 aliphatic carbocycles. The summed E-state index contributed by atoms with van der Waals surface area (Å²) in [4.78, 5) is 22.8. The van der Waals surface area contributed by atoms with Crippen molar-refractivity contribution in [3.63, 3.8) is 0 Å². The van der Waals surface area contributed by atoms with Crippen LogP contribution in [0.3, 0.4) is 0 Å². The van der Waals surface area contributed by atoms with Crippen molar-refractivity contribution in [2.75, 3.05) is 44.3 Å². The van der Waals surface area contributed by atoms with E-state index in [1.165, 1.54) is 17.4 Å². The molecule has 2 aliphatic heterocycles. The molecule has 2 saturated heterocycles. The maximum atomic E-state index is 13.6. The Morgan fingerprint density at radius 1 is 1.02 bits per heavy atom. The summed E-state index contributed by atoms with van der Waals surface area (Å²) in [6.07, 6.45) is 7.85. The number of pyridine rings is 1. The molecule has 8 nitrogen and oxygen atoms in total. The lowest BCUT2D eigenvalue weighted by Gasteiger charge is -2.41. The third kappa shape index (κ3) is 8.30. The normalized spacial score (nSPS) is 18.0. The molecule has 41 heavy (non-hydrogen) atoms. The molecule has 2 aromatic rings. The van der Waals surface area contributed by atoms with Gasteiger partial charge in [0.05, 0.1) is 6.26 Å². The van der Waals surface area contributed by atoms with Crippen molar-refractivity contribution in [1.29, 1.82) is 0 Å². The Balaban J connectivity index is 1.34. The van der Waals surface area contributed by atoms with Gasteiger partial charge in [0, 0.05) is 49.7 Å². The summed E-state index contributed by atoms with van der Waals surface area (Å²) in [5.74, 6) is 0.417. The average Bonchev–Trinajstić information content (AvgIpc) is 2.94. The van der Waals surface area contributed by atoms with E-state index in [0.29, 0.717) is 30.7 Å². The lowest BCUT2D eigenvalue weighted by atomic mass is 9.87. The van der Waals surface area contributed by atoms with Gasteiger partial charge in [0.15, 0.2) is 0 Å². The van der Waals surface area contributed by atoms with E-state index < -0.39 is 10.0 Å². The number of carbonyl (C=O) groups is 1. The Morgan fingerprint density at radius 3 is 2.22 bits per heavy atom. The number of likely N-dealkylation sites (tertiary alicyclic amines) is 2.